The third-order valence-electron chi connectivity index (χ3n) is 1.87. The number of rotatable bonds is 2. The summed E-state index contributed by atoms with van der Waals surface area (Å²) in [5.74, 6) is 1.66. The van der Waals surface area contributed by atoms with E-state index in [9.17, 15) is 0 Å². The summed E-state index contributed by atoms with van der Waals surface area (Å²) in [6.45, 7) is 0. The van der Waals surface area contributed by atoms with Crippen molar-refractivity contribution in [1.29, 1.82) is 0 Å². The molecule has 0 fully saturated rings. The molecule has 0 spiro atoms. The van der Waals surface area contributed by atoms with Gasteiger partial charge >= 0.3 is 0 Å². The van der Waals surface area contributed by atoms with Gasteiger partial charge in [-0.15, -0.1) is 0 Å². The third-order valence-corrected chi connectivity index (χ3v) is 3.75. The van der Waals surface area contributed by atoms with Crippen molar-refractivity contribution in [2.24, 2.45) is 0 Å². The molecule has 76 valence electrons. The molecule has 3 heteroatoms. The number of halogens is 2. The van der Waals surface area contributed by atoms with Gasteiger partial charge in [0.1, 0.15) is 11.5 Å². The van der Waals surface area contributed by atoms with Crippen LogP contribution in [0.2, 0.25) is 0 Å². The van der Waals surface area contributed by atoms with Gasteiger partial charge in [-0.2, -0.15) is 0 Å². The van der Waals surface area contributed by atoms with Crippen molar-refractivity contribution >= 4 is 31.9 Å². The summed E-state index contributed by atoms with van der Waals surface area (Å²) < 4.78 is 7.66. The van der Waals surface area contributed by atoms with Crippen LogP contribution in [-0.4, -0.2) is 0 Å². The number of ether oxygens (including phenoxy) is 1. The van der Waals surface area contributed by atoms with Gasteiger partial charge in [0.25, 0.3) is 0 Å². The Kier molecular flexibility index (Phi) is 3.44. The monoisotopic (exact) mass is 326 g/mol. The second-order valence-electron chi connectivity index (χ2n) is 2.99. The number of hydrogen-bond acceptors (Lipinski definition) is 1. The summed E-state index contributed by atoms with van der Waals surface area (Å²) in [6, 6.07) is 15.5. The lowest BCUT2D eigenvalue weighted by molar-refractivity contribution is 0.482. The smallest absolute Gasteiger partial charge is 0.128 e. The predicted octanol–water partition coefficient (Wildman–Crippen LogP) is 5.00. The lowest BCUT2D eigenvalue weighted by Crippen LogP contribution is -1.83. The Hall–Kier alpha value is -0.800. The SMILES string of the molecule is Brc1ccc(Oc2ccccc2)cc1Br. The Morgan fingerprint density at radius 1 is 0.733 bits per heavy atom. The minimum absolute atomic E-state index is 0.816. The molecule has 0 aromatic heterocycles. The van der Waals surface area contributed by atoms with Crippen LogP contribution in [0.25, 0.3) is 0 Å². The van der Waals surface area contributed by atoms with Crippen LogP contribution in [0, 0.1) is 0 Å². The van der Waals surface area contributed by atoms with E-state index in [4.69, 9.17) is 4.74 Å². The molecule has 0 amide bonds. The van der Waals surface area contributed by atoms with Crippen molar-refractivity contribution in [3.63, 3.8) is 0 Å². The molecule has 0 heterocycles. The molecule has 0 atom stereocenters. The second-order valence-corrected chi connectivity index (χ2v) is 4.70. The minimum Gasteiger partial charge on any atom is -0.457 e. The van der Waals surface area contributed by atoms with Crippen molar-refractivity contribution in [2.75, 3.05) is 0 Å². The van der Waals surface area contributed by atoms with Crippen LogP contribution in [0.1, 0.15) is 0 Å². The maximum absolute atomic E-state index is 5.66. The molecule has 2 aromatic carbocycles. The molecule has 0 saturated heterocycles. The normalized spacial score (nSPS) is 10.0. The first-order valence-electron chi connectivity index (χ1n) is 4.43. The molecular formula is C12H8Br2O. The van der Waals surface area contributed by atoms with Crippen LogP contribution >= 0.6 is 31.9 Å². The van der Waals surface area contributed by atoms with E-state index in [1.165, 1.54) is 0 Å². The van der Waals surface area contributed by atoms with Gasteiger partial charge in [0.2, 0.25) is 0 Å². The highest BCUT2D eigenvalue weighted by Gasteiger charge is 2.00. The van der Waals surface area contributed by atoms with Crippen molar-refractivity contribution < 1.29 is 4.74 Å². The van der Waals surface area contributed by atoms with E-state index in [0.717, 1.165) is 20.4 Å². The molecule has 0 aliphatic rings. The quantitative estimate of drug-likeness (QED) is 0.753. The van der Waals surface area contributed by atoms with Crippen LogP contribution in [-0.2, 0) is 0 Å². The molecule has 0 radical (unpaired) electrons. The molecule has 0 saturated carbocycles. The van der Waals surface area contributed by atoms with Gasteiger partial charge in [-0.05, 0) is 62.2 Å². The Bertz CT molecular complexity index is 454. The van der Waals surface area contributed by atoms with E-state index in [2.05, 4.69) is 31.9 Å². The Labute approximate surface area is 105 Å². The highest BCUT2D eigenvalue weighted by atomic mass is 79.9. The average molecular weight is 328 g/mol. The predicted molar refractivity (Wildman–Crippen MR) is 68.4 cm³/mol. The number of benzene rings is 2. The van der Waals surface area contributed by atoms with Crippen LogP contribution in [0.5, 0.6) is 11.5 Å². The van der Waals surface area contributed by atoms with Gasteiger partial charge in [-0.3, -0.25) is 0 Å². The molecular weight excluding hydrogens is 320 g/mol. The number of hydrogen-bond donors (Lipinski definition) is 0. The van der Waals surface area contributed by atoms with Gasteiger partial charge in [0, 0.05) is 8.95 Å². The standard InChI is InChI=1S/C12H8Br2O/c13-11-7-6-10(8-12(11)14)15-9-4-2-1-3-5-9/h1-8H. The third kappa shape index (κ3) is 2.83. The number of para-hydroxylation sites is 1. The fraction of sp³-hybridized carbons (Fsp3) is 0. The molecule has 0 bridgehead atoms. The van der Waals surface area contributed by atoms with Gasteiger partial charge < -0.3 is 4.74 Å². The molecule has 0 N–H and O–H groups in total. The lowest BCUT2D eigenvalue weighted by atomic mass is 10.3. The highest BCUT2D eigenvalue weighted by Crippen LogP contribution is 2.29. The van der Waals surface area contributed by atoms with Crippen LogP contribution in [0.3, 0.4) is 0 Å². The zero-order chi connectivity index (χ0) is 10.7. The molecule has 1 nitrogen and oxygen atoms in total. The van der Waals surface area contributed by atoms with E-state index in [-0.39, 0.29) is 0 Å². The van der Waals surface area contributed by atoms with Crippen LogP contribution in [0.4, 0.5) is 0 Å². The Morgan fingerprint density at radius 3 is 2.13 bits per heavy atom. The van der Waals surface area contributed by atoms with E-state index in [1.54, 1.807) is 0 Å². The van der Waals surface area contributed by atoms with Crippen molar-refractivity contribution in [3.05, 3.63) is 57.5 Å². The summed E-state index contributed by atoms with van der Waals surface area (Å²) >= 11 is 6.84. The van der Waals surface area contributed by atoms with E-state index >= 15 is 0 Å². The topological polar surface area (TPSA) is 9.23 Å². The minimum atomic E-state index is 0.816. The molecule has 15 heavy (non-hydrogen) atoms. The van der Waals surface area contributed by atoms with Crippen molar-refractivity contribution in [2.45, 2.75) is 0 Å². The summed E-state index contributed by atoms with van der Waals surface area (Å²) in [7, 11) is 0. The fourth-order valence-corrected chi connectivity index (χ4v) is 1.77. The maximum Gasteiger partial charge on any atom is 0.128 e. The van der Waals surface area contributed by atoms with Gasteiger partial charge in [-0.25, -0.2) is 0 Å². The molecule has 0 unspecified atom stereocenters. The summed E-state index contributed by atoms with van der Waals surface area (Å²) in [5, 5.41) is 0. The highest BCUT2D eigenvalue weighted by molar-refractivity contribution is 9.13. The van der Waals surface area contributed by atoms with Gasteiger partial charge in [0.15, 0.2) is 0 Å². The fourth-order valence-electron chi connectivity index (χ4n) is 1.16. The van der Waals surface area contributed by atoms with E-state index in [1.807, 2.05) is 48.5 Å². The first-order chi connectivity index (χ1) is 7.25. The summed E-state index contributed by atoms with van der Waals surface area (Å²) in [6.07, 6.45) is 0. The first kappa shape index (κ1) is 10.7. The molecule has 0 aliphatic carbocycles. The molecule has 2 aromatic rings. The Balaban J connectivity index is 2.22. The van der Waals surface area contributed by atoms with Crippen LogP contribution in [0.15, 0.2) is 57.5 Å². The van der Waals surface area contributed by atoms with Crippen LogP contribution < -0.4 is 4.74 Å². The van der Waals surface area contributed by atoms with E-state index in [0.29, 0.717) is 0 Å². The lowest BCUT2D eigenvalue weighted by Gasteiger charge is -2.06. The summed E-state index contributed by atoms with van der Waals surface area (Å²) in [4.78, 5) is 0. The largest absolute Gasteiger partial charge is 0.457 e. The zero-order valence-corrected chi connectivity index (χ0v) is 11.0. The average Bonchev–Trinajstić information content (AvgIpc) is 2.25. The second kappa shape index (κ2) is 4.81. The molecule has 0 aliphatic heterocycles. The Morgan fingerprint density at radius 2 is 1.47 bits per heavy atom. The van der Waals surface area contributed by atoms with E-state index < -0.39 is 0 Å². The maximum atomic E-state index is 5.66. The van der Waals surface area contributed by atoms with Crippen molar-refractivity contribution in [1.82, 2.24) is 0 Å². The van der Waals surface area contributed by atoms with Gasteiger partial charge in [0.05, 0.1) is 0 Å². The van der Waals surface area contributed by atoms with Gasteiger partial charge in [-0.1, -0.05) is 18.2 Å². The molecule has 2 rings (SSSR count). The first-order valence-corrected chi connectivity index (χ1v) is 6.02. The zero-order valence-electron chi connectivity index (χ0n) is 7.78. The van der Waals surface area contributed by atoms with Crippen molar-refractivity contribution in [3.8, 4) is 11.5 Å². The summed E-state index contributed by atoms with van der Waals surface area (Å²) in [5.41, 5.74) is 0.